The molecule has 0 aliphatic carbocycles. The van der Waals surface area contributed by atoms with E-state index in [-0.39, 0.29) is 5.92 Å². The summed E-state index contributed by atoms with van der Waals surface area (Å²) in [5.41, 5.74) is 2.66. The largest absolute Gasteiger partial charge is 0.341 e. The molecule has 0 N–H and O–H groups in total. The predicted molar refractivity (Wildman–Crippen MR) is 93.1 cm³/mol. The van der Waals surface area contributed by atoms with E-state index in [0.29, 0.717) is 5.91 Å². The number of benzene rings is 1. The Bertz CT molecular complexity index is 496. The quantitative estimate of drug-likeness (QED) is 0.856. The highest BCUT2D eigenvalue weighted by Crippen LogP contribution is 2.22. The second-order valence-electron chi connectivity index (χ2n) is 6.50. The smallest absolute Gasteiger partial charge is 0.227 e. The molecule has 1 unspecified atom stereocenters. The second-order valence-corrected chi connectivity index (χ2v) is 7.72. The summed E-state index contributed by atoms with van der Waals surface area (Å²) in [5, 5.41) is 0. The fraction of sp³-hybridized carbons (Fsp3) is 0.611. The van der Waals surface area contributed by atoms with Crippen molar-refractivity contribution in [3.05, 3.63) is 35.4 Å². The zero-order valence-electron chi connectivity index (χ0n) is 13.5. The molecule has 2 aliphatic rings. The number of hydrogen-bond donors (Lipinski definition) is 0. The maximum absolute atomic E-state index is 12.7. The molecule has 1 aromatic rings. The first-order chi connectivity index (χ1) is 10.7. The van der Waals surface area contributed by atoms with Crippen LogP contribution in [0.25, 0.3) is 0 Å². The minimum absolute atomic E-state index is 0.210. The molecule has 2 heterocycles. The molecule has 0 bridgehead atoms. The van der Waals surface area contributed by atoms with Crippen molar-refractivity contribution in [3.63, 3.8) is 0 Å². The average molecular weight is 318 g/mol. The Morgan fingerprint density at radius 1 is 1.18 bits per heavy atom. The molecule has 0 saturated carbocycles. The molecule has 0 aromatic heterocycles. The molecule has 3 nitrogen and oxygen atoms in total. The van der Waals surface area contributed by atoms with E-state index in [2.05, 4.69) is 41.0 Å². The Kier molecular flexibility index (Phi) is 5.42. The van der Waals surface area contributed by atoms with Gasteiger partial charge in [-0.1, -0.05) is 29.8 Å². The molecule has 2 aliphatic heterocycles. The Balaban J connectivity index is 1.56. The molecule has 4 heteroatoms. The van der Waals surface area contributed by atoms with Crippen molar-refractivity contribution >= 4 is 17.7 Å². The highest BCUT2D eigenvalue weighted by atomic mass is 32.2. The molecule has 1 aromatic carbocycles. The van der Waals surface area contributed by atoms with Crippen LogP contribution >= 0.6 is 11.8 Å². The lowest BCUT2D eigenvalue weighted by Gasteiger charge is -2.36. The van der Waals surface area contributed by atoms with Crippen molar-refractivity contribution in [2.24, 2.45) is 5.92 Å². The summed E-state index contributed by atoms with van der Waals surface area (Å²) < 4.78 is 0. The second kappa shape index (κ2) is 7.51. The highest BCUT2D eigenvalue weighted by molar-refractivity contribution is 7.99. The van der Waals surface area contributed by atoms with Gasteiger partial charge in [-0.2, -0.15) is 11.8 Å². The number of hydrogen-bond acceptors (Lipinski definition) is 3. The van der Waals surface area contributed by atoms with E-state index in [0.717, 1.165) is 57.1 Å². The van der Waals surface area contributed by atoms with Gasteiger partial charge in [-0.05, 0) is 31.9 Å². The predicted octanol–water partition coefficient (Wildman–Crippen LogP) is 2.78. The van der Waals surface area contributed by atoms with Gasteiger partial charge in [0.15, 0.2) is 0 Å². The first-order valence-electron chi connectivity index (χ1n) is 8.37. The van der Waals surface area contributed by atoms with Crippen molar-refractivity contribution in [1.82, 2.24) is 9.80 Å². The summed E-state index contributed by atoms with van der Waals surface area (Å²) in [4.78, 5) is 17.2. The van der Waals surface area contributed by atoms with Gasteiger partial charge >= 0.3 is 0 Å². The van der Waals surface area contributed by atoms with Crippen LogP contribution in [-0.4, -0.2) is 53.4 Å². The molecule has 22 heavy (non-hydrogen) atoms. The van der Waals surface area contributed by atoms with Gasteiger partial charge in [0.25, 0.3) is 0 Å². The van der Waals surface area contributed by atoms with E-state index in [1.165, 1.54) is 11.1 Å². The Hall–Kier alpha value is -1.00. The Morgan fingerprint density at radius 2 is 1.91 bits per heavy atom. The van der Waals surface area contributed by atoms with Crippen molar-refractivity contribution in [3.8, 4) is 0 Å². The molecule has 3 rings (SSSR count). The van der Waals surface area contributed by atoms with Gasteiger partial charge in [0.1, 0.15) is 0 Å². The number of thioether (sulfide) groups is 1. The summed E-state index contributed by atoms with van der Waals surface area (Å²) in [5.74, 6) is 2.81. The van der Waals surface area contributed by atoms with Gasteiger partial charge in [0, 0.05) is 37.7 Å². The van der Waals surface area contributed by atoms with Gasteiger partial charge in [0.2, 0.25) is 5.91 Å². The van der Waals surface area contributed by atoms with Crippen LogP contribution in [-0.2, 0) is 11.3 Å². The standard InChI is InChI=1S/C18H26N2OS/c1-15-4-6-16(7-5-15)13-19-8-2-3-17(14-19)18(21)20-9-11-22-12-10-20/h4-7,17H,2-3,8-14H2,1H3. The van der Waals surface area contributed by atoms with E-state index >= 15 is 0 Å². The summed E-state index contributed by atoms with van der Waals surface area (Å²) >= 11 is 1.96. The van der Waals surface area contributed by atoms with Crippen LogP contribution < -0.4 is 0 Å². The van der Waals surface area contributed by atoms with Gasteiger partial charge in [0.05, 0.1) is 5.92 Å². The fourth-order valence-corrected chi connectivity index (χ4v) is 4.30. The van der Waals surface area contributed by atoms with E-state index in [4.69, 9.17) is 0 Å². The normalized spacial score (nSPS) is 23.5. The van der Waals surface area contributed by atoms with Gasteiger partial charge < -0.3 is 4.90 Å². The number of carbonyl (C=O) groups excluding carboxylic acids is 1. The third kappa shape index (κ3) is 4.05. The minimum atomic E-state index is 0.210. The monoisotopic (exact) mass is 318 g/mol. The SMILES string of the molecule is Cc1ccc(CN2CCCC(C(=O)N3CCSCC3)C2)cc1. The minimum Gasteiger partial charge on any atom is -0.341 e. The number of rotatable bonds is 3. The highest BCUT2D eigenvalue weighted by Gasteiger charge is 2.29. The van der Waals surface area contributed by atoms with Crippen molar-refractivity contribution in [1.29, 1.82) is 0 Å². The van der Waals surface area contributed by atoms with Crippen LogP contribution in [0.2, 0.25) is 0 Å². The van der Waals surface area contributed by atoms with Crippen LogP contribution in [0.1, 0.15) is 24.0 Å². The molecule has 2 saturated heterocycles. The van der Waals surface area contributed by atoms with Gasteiger partial charge in [-0.15, -0.1) is 0 Å². The topological polar surface area (TPSA) is 23.6 Å². The number of carbonyl (C=O) groups is 1. The number of aryl methyl sites for hydroxylation is 1. The summed E-state index contributed by atoms with van der Waals surface area (Å²) in [6.07, 6.45) is 2.21. The molecule has 0 spiro atoms. The molecule has 2 fully saturated rings. The van der Waals surface area contributed by atoms with Crippen LogP contribution in [0.5, 0.6) is 0 Å². The third-order valence-electron chi connectivity index (χ3n) is 4.70. The number of likely N-dealkylation sites (tertiary alicyclic amines) is 1. The van der Waals surface area contributed by atoms with Crippen LogP contribution in [0.4, 0.5) is 0 Å². The van der Waals surface area contributed by atoms with Crippen LogP contribution in [0.3, 0.4) is 0 Å². The van der Waals surface area contributed by atoms with Crippen LogP contribution in [0, 0.1) is 12.8 Å². The third-order valence-corrected chi connectivity index (χ3v) is 5.65. The summed E-state index contributed by atoms with van der Waals surface area (Å²) in [6.45, 7) is 7.02. The lowest BCUT2D eigenvalue weighted by molar-refractivity contribution is -0.137. The first kappa shape index (κ1) is 15.9. The first-order valence-corrected chi connectivity index (χ1v) is 9.52. The van der Waals surface area contributed by atoms with Gasteiger partial charge in [-0.3, -0.25) is 9.69 Å². The number of piperidine rings is 1. The zero-order valence-corrected chi connectivity index (χ0v) is 14.3. The molecular formula is C18H26N2OS. The van der Waals surface area contributed by atoms with Crippen molar-refractivity contribution in [2.45, 2.75) is 26.3 Å². The van der Waals surface area contributed by atoms with E-state index in [9.17, 15) is 4.79 Å². The van der Waals surface area contributed by atoms with E-state index in [1.807, 2.05) is 11.8 Å². The lowest BCUT2D eigenvalue weighted by atomic mass is 9.96. The lowest BCUT2D eigenvalue weighted by Crippen LogP contribution is -2.47. The average Bonchev–Trinajstić information content (AvgIpc) is 2.57. The maximum Gasteiger partial charge on any atom is 0.227 e. The summed E-state index contributed by atoms with van der Waals surface area (Å²) in [6, 6.07) is 8.77. The molecule has 0 radical (unpaired) electrons. The zero-order chi connectivity index (χ0) is 15.4. The number of amides is 1. The van der Waals surface area contributed by atoms with E-state index < -0.39 is 0 Å². The summed E-state index contributed by atoms with van der Waals surface area (Å²) in [7, 11) is 0. The number of nitrogens with zero attached hydrogens (tertiary/aromatic N) is 2. The molecule has 1 atom stereocenters. The van der Waals surface area contributed by atoms with E-state index in [1.54, 1.807) is 0 Å². The van der Waals surface area contributed by atoms with Crippen molar-refractivity contribution in [2.75, 3.05) is 37.7 Å². The van der Waals surface area contributed by atoms with Crippen molar-refractivity contribution < 1.29 is 4.79 Å². The molecule has 1 amide bonds. The molecular weight excluding hydrogens is 292 g/mol. The van der Waals surface area contributed by atoms with Gasteiger partial charge in [-0.25, -0.2) is 0 Å². The molecule has 120 valence electrons. The Labute approximate surface area is 138 Å². The fourth-order valence-electron chi connectivity index (χ4n) is 3.39. The Morgan fingerprint density at radius 3 is 2.64 bits per heavy atom. The van der Waals surface area contributed by atoms with Crippen LogP contribution in [0.15, 0.2) is 24.3 Å². The maximum atomic E-state index is 12.7.